The quantitative estimate of drug-likeness (QED) is 0.215. The second kappa shape index (κ2) is 13.3. The van der Waals surface area contributed by atoms with E-state index in [4.69, 9.17) is 24.7 Å². The molecule has 236 valence electrons. The lowest BCUT2D eigenvalue weighted by molar-refractivity contribution is -0.294. The lowest BCUT2D eigenvalue weighted by atomic mass is 9.91. The maximum absolute atomic E-state index is 13.8. The zero-order chi connectivity index (χ0) is 31.3. The number of halogens is 1. The lowest BCUT2D eigenvalue weighted by Crippen LogP contribution is -2.56. The Balaban J connectivity index is 1.42. The average molecular weight is 612 g/mol. The number of amides is 1. The van der Waals surface area contributed by atoms with Crippen LogP contribution in [0.5, 0.6) is 0 Å². The molecule has 0 bridgehead atoms. The monoisotopic (exact) mass is 611 g/mol. The molecule has 1 aromatic carbocycles. The van der Waals surface area contributed by atoms with Crippen molar-refractivity contribution in [1.29, 1.82) is 0 Å². The van der Waals surface area contributed by atoms with Crippen molar-refractivity contribution in [2.75, 3.05) is 57.9 Å². The number of esters is 1. The van der Waals surface area contributed by atoms with Crippen molar-refractivity contribution in [2.24, 2.45) is 11.1 Å². The number of carbonyl (C=O) groups is 2. The number of H-pyrrole nitrogens is 1. The van der Waals surface area contributed by atoms with Crippen LogP contribution in [0, 0.1) is 11.2 Å². The van der Waals surface area contributed by atoms with Crippen molar-refractivity contribution < 1.29 is 32.9 Å². The molecule has 4 heterocycles. The van der Waals surface area contributed by atoms with E-state index in [1.807, 2.05) is 0 Å². The summed E-state index contributed by atoms with van der Waals surface area (Å²) < 4.78 is 36.4. The van der Waals surface area contributed by atoms with Gasteiger partial charge < -0.3 is 35.0 Å². The van der Waals surface area contributed by atoms with Gasteiger partial charge in [0.1, 0.15) is 11.2 Å². The Morgan fingerprint density at radius 2 is 1.84 bits per heavy atom. The van der Waals surface area contributed by atoms with Crippen LogP contribution in [0.25, 0.3) is 22.6 Å². The minimum Gasteiger partial charge on any atom is -0.462 e. The predicted molar refractivity (Wildman–Crippen MR) is 157 cm³/mol. The molecule has 2 aliphatic heterocycles. The molecule has 2 aromatic heterocycles. The van der Waals surface area contributed by atoms with E-state index in [-0.39, 0.29) is 25.1 Å². The molecule has 3 aromatic rings. The van der Waals surface area contributed by atoms with Crippen molar-refractivity contribution in [3.8, 4) is 22.6 Å². The van der Waals surface area contributed by atoms with E-state index in [0.717, 1.165) is 39.3 Å². The number of imidazole rings is 1. The summed E-state index contributed by atoms with van der Waals surface area (Å²) in [6.07, 6.45) is 2.15. The van der Waals surface area contributed by atoms with E-state index >= 15 is 0 Å². The molecule has 0 aliphatic carbocycles. The van der Waals surface area contributed by atoms with Crippen LogP contribution in [0.15, 0.2) is 36.5 Å². The number of morpholine rings is 1. The normalized spacial score (nSPS) is 22.6. The van der Waals surface area contributed by atoms with Crippen LogP contribution in [0.2, 0.25) is 0 Å². The van der Waals surface area contributed by atoms with Gasteiger partial charge in [-0.15, -0.1) is 0 Å². The second-order valence-electron chi connectivity index (χ2n) is 11.4. The van der Waals surface area contributed by atoms with Gasteiger partial charge in [0.2, 0.25) is 5.95 Å². The standard InChI is InChI=1S/C30H38FN7O6/c1-19(2)44-27(40)29(3)17-42-30(25(32)39,43-18-29)26-36-23(20-5-7-21(31)8-6-20)24(37-26)22-9-11-34-28(35-22)33-10-4-12-38-13-15-41-16-14-38/h5-9,11,19H,4,10,12-18H2,1-3H3,(H2,32,39)(H,36,37)(H,33,34,35). The highest BCUT2D eigenvalue weighted by atomic mass is 19.1. The number of carbonyl (C=O) groups excluding carboxylic acids is 2. The van der Waals surface area contributed by atoms with E-state index in [1.54, 1.807) is 45.2 Å². The molecule has 1 amide bonds. The highest BCUT2D eigenvalue weighted by Gasteiger charge is 2.54. The third kappa shape index (κ3) is 6.88. The first-order valence-electron chi connectivity index (χ1n) is 14.6. The molecule has 2 fully saturated rings. The molecular weight excluding hydrogens is 573 g/mol. The maximum Gasteiger partial charge on any atom is 0.316 e. The SMILES string of the molecule is CC(C)OC(=O)C1(C)COC(C(N)=O)(c2nc(-c3ccc(F)cc3)c(-c3ccnc(NCCCN4CCOCC4)n3)[nH]2)OC1. The smallest absolute Gasteiger partial charge is 0.316 e. The Kier molecular flexibility index (Phi) is 9.53. The highest BCUT2D eigenvalue weighted by molar-refractivity contribution is 5.85. The van der Waals surface area contributed by atoms with Crippen LogP contribution in [0.4, 0.5) is 10.3 Å². The summed E-state index contributed by atoms with van der Waals surface area (Å²) in [5, 5.41) is 3.26. The van der Waals surface area contributed by atoms with Crippen molar-refractivity contribution >= 4 is 17.8 Å². The molecular formula is C30H38FN7O6. The van der Waals surface area contributed by atoms with Crippen molar-refractivity contribution in [1.82, 2.24) is 24.8 Å². The molecule has 14 heteroatoms. The van der Waals surface area contributed by atoms with Gasteiger partial charge in [0.25, 0.3) is 5.91 Å². The molecule has 5 rings (SSSR count). The average Bonchev–Trinajstić information content (AvgIpc) is 3.46. The first-order chi connectivity index (χ1) is 21.1. The first-order valence-corrected chi connectivity index (χ1v) is 14.6. The van der Waals surface area contributed by atoms with Gasteiger partial charge in [-0.05, 0) is 64.1 Å². The first kappa shape index (κ1) is 31.4. The Hall–Kier alpha value is -3.98. The van der Waals surface area contributed by atoms with Gasteiger partial charge in [-0.25, -0.2) is 19.3 Å². The number of hydrogen-bond acceptors (Lipinski definition) is 11. The number of rotatable bonds is 11. The van der Waals surface area contributed by atoms with Crippen LogP contribution in [-0.4, -0.2) is 95.4 Å². The molecule has 2 saturated heterocycles. The molecule has 2 aliphatic rings. The third-order valence-corrected chi connectivity index (χ3v) is 7.43. The van der Waals surface area contributed by atoms with Crippen LogP contribution >= 0.6 is 0 Å². The fourth-order valence-corrected chi connectivity index (χ4v) is 4.92. The van der Waals surface area contributed by atoms with Gasteiger partial charge in [-0.3, -0.25) is 14.5 Å². The Bertz CT molecular complexity index is 1450. The van der Waals surface area contributed by atoms with Crippen LogP contribution < -0.4 is 11.1 Å². The number of ether oxygens (including phenoxy) is 4. The topological polar surface area (TPSA) is 167 Å². The van der Waals surface area contributed by atoms with E-state index in [1.165, 1.54) is 12.1 Å². The van der Waals surface area contributed by atoms with Crippen LogP contribution in [0.3, 0.4) is 0 Å². The van der Waals surface area contributed by atoms with Crippen molar-refractivity contribution in [3.05, 3.63) is 48.2 Å². The number of hydrogen-bond donors (Lipinski definition) is 3. The second-order valence-corrected chi connectivity index (χ2v) is 11.4. The highest BCUT2D eigenvalue weighted by Crippen LogP contribution is 2.39. The van der Waals surface area contributed by atoms with Crippen molar-refractivity contribution in [2.45, 2.75) is 39.1 Å². The summed E-state index contributed by atoms with van der Waals surface area (Å²) in [5.74, 6) is -3.68. The fourth-order valence-electron chi connectivity index (χ4n) is 4.92. The molecule has 0 spiro atoms. The number of nitrogens with zero attached hydrogens (tertiary/aromatic N) is 4. The number of anilines is 1. The van der Waals surface area contributed by atoms with Gasteiger partial charge in [0.05, 0.1) is 49.6 Å². The van der Waals surface area contributed by atoms with Crippen molar-refractivity contribution in [3.63, 3.8) is 0 Å². The molecule has 0 saturated carbocycles. The molecule has 13 nitrogen and oxygen atoms in total. The molecule has 0 atom stereocenters. The van der Waals surface area contributed by atoms with E-state index in [9.17, 15) is 14.0 Å². The Morgan fingerprint density at radius 1 is 1.14 bits per heavy atom. The summed E-state index contributed by atoms with van der Waals surface area (Å²) in [4.78, 5) is 44.8. The van der Waals surface area contributed by atoms with Gasteiger partial charge in [0, 0.05) is 31.4 Å². The van der Waals surface area contributed by atoms with Gasteiger partial charge >= 0.3 is 11.8 Å². The van der Waals surface area contributed by atoms with E-state index < -0.39 is 28.9 Å². The fraction of sp³-hybridized carbons (Fsp3) is 0.500. The lowest BCUT2D eigenvalue weighted by Gasteiger charge is -2.40. The summed E-state index contributed by atoms with van der Waals surface area (Å²) in [5.41, 5.74) is 6.41. The largest absolute Gasteiger partial charge is 0.462 e. The minimum atomic E-state index is -2.13. The molecule has 0 unspecified atom stereocenters. The Labute approximate surface area is 254 Å². The zero-order valence-corrected chi connectivity index (χ0v) is 25.1. The summed E-state index contributed by atoms with van der Waals surface area (Å²) >= 11 is 0. The van der Waals surface area contributed by atoms with E-state index in [2.05, 4.69) is 30.2 Å². The number of aromatic nitrogens is 4. The molecule has 0 radical (unpaired) electrons. The summed E-state index contributed by atoms with van der Waals surface area (Å²) in [7, 11) is 0. The van der Waals surface area contributed by atoms with Gasteiger partial charge in [0.15, 0.2) is 5.82 Å². The summed E-state index contributed by atoms with van der Waals surface area (Å²) in [6.45, 7) is 9.59. The number of nitrogens with one attached hydrogen (secondary N) is 2. The minimum absolute atomic E-state index is 0.0442. The zero-order valence-electron chi connectivity index (χ0n) is 25.1. The number of primary amides is 1. The summed E-state index contributed by atoms with van der Waals surface area (Å²) in [6, 6.07) is 7.41. The van der Waals surface area contributed by atoms with Crippen LogP contribution in [0.1, 0.15) is 33.0 Å². The van der Waals surface area contributed by atoms with E-state index in [0.29, 0.717) is 35.1 Å². The molecule has 44 heavy (non-hydrogen) atoms. The van der Waals surface area contributed by atoms with Crippen LogP contribution in [-0.2, 0) is 34.3 Å². The number of benzene rings is 1. The maximum atomic E-state index is 13.8. The third-order valence-electron chi connectivity index (χ3n) is 7.43. The predicted octanol–water partition coefficient (Wildman–Crippen LogP) is 2.45. The number of aromatic amines is 1. The number of nitrogens with two attached hydrogens (primary N) is 1. The van der Waals surface area contributed by atoms with Gasteiger partial charge in [-0.2, -0.15) is 0 Å². The van der Waals surface area contributed by atoms with Gasteiger partial charge in [-0.1, -0.05) is 0 Å². The molecule has 4 N–H and O–H groups in total. The Morgan fingerprint density at radius 3 is 2.50 bits per heavy atom.